The molecule has 3 N–H and O–H groups in total. The van der Waals surface area contributed by atoms with Crippen LogP contribution in [0.15, 0.2) is 48.0 Å². The zero-order valence-corrected chi connectivity index (χ0v) is 13.2. The van der Waals surface area contributed by atoms with Crippen LogP contribution in [0.5, 0.6) is 0 Å². The predicted octanol–water partition coefficient (Wildman–Crippen LogP) is 2.10. The minimum atomic E-state index is -0.575. The molecule has 2 aromatic heterocycles. The Labute approximate surface area is 140 Å². The lowest BCUT2D eigenvalue weighted by Crippen LogP contribution is -2.22. The summed E-state index contributed by atoms with van der Waals surface area (Å²) in [7, 11) is 0. The number of para-hydroxylation sites is 1. The van der Waals surface area contributed by atoms with Gasteiger partial charge in [-0.15, -0.1) is 11.3 Å². The smallest absolute Gasteiger partial charge is 0.261 e. The van der Waals surface area contributed by atoms with Gasteiger partial charge >= 0.3 is 0 Å². The summed E-state index contributed by atoms with van der Waals surface area (Å²) in [6.45, 7) is 0.185. The zero-order valence-electron chi connectivity index (χ0n) is 12.4. The van der Waals surface area contributed by atoms with Crippen LogP contribution in [-0.4, -0.2) is 21.6 Å². The van der Waals surface area contributed by atoms with Crippen LogP contribution >= 0.6 is 11.3 Å². The van der Waals surface area contributed by atoms with Gasteiger partial charge in [0.25, 0.3) is 5.91 Å². The van der Waals surface area contributed by atoms with Crippen molar-refractivity contribution < 1.29 is 14.0 Å². The Balaban J connectivity index is 1.66. The molecule has 8 heteroatoms. The van der Waals surface area contributed by atoms with Gasteiger partial charge in [0.2, 0.25) is 5.91 Å². The molecule has 2 amide bonds. The molecule has 0 aliphatic rings. The zero-order chi connectivity index (χ0) is 17.1. The highest BCUT2D eigenvalue weighted by atomic mass is 32.1. The van der Waals surface area contributed by atoms with Gasteiger partial charge in [0.15, 0.2) is 0 Å². The molecule has 3 aromatic rings. The third kappa shape index (κ3) is 3.33. The van der Waals surface area contributed by atoms with Gasteiger partial charge in [0, 0.05) is 11.6 Å². The van der Waals surface area contributed by atoms with Crippen molar-refractivity contribution in [2.45, 2.75) is 6.54 Å². The monoisotopic (exact) mass is 344 g/mol. The van der Waals surface area contributed by atoms with Crippen LogP contribution in [0.1, 0.15) is 25.7 Å². The van der Waals surface area contributed by atoms with Crippen LogP contribution in [0.2, 0.25) is 0 Å². The summed E-state index contributed by atoms with van der Waals surface area (Å²) in [4.78, 5) is 23.5. The molecule has 0 atom stereocenters. The van der Waals surface area contributed by atoms with E-state index in [2.05, 4.69) is 10.4 Å². The Morgan fingerprint density at radius 3 is 2.79 bits per heavy atom. The summed E-state index contributed by atoms with van der Waals surface area (Å²) in [5.74, 6) is -1.28. The van der Waals surface area contributed by atoms with Crippen molar-refractivity contribution >= 4 is 23.2 Å². The number of nitrogens with two attached hydrogens (primary N) is 1. The molecule has 0 aliphatic heterocycles. The van der Waals surface area contributed by atoms with Crippen molar-refractivity contribution in [3.8, 4) is 5.69 Å². The summed E-state index contributed by atoms with van der Waals surface area (Å²) < 4.78 is 15.1. The third-order valence-corrected chi connectivity index (χ3v) is 4.21. The second-order valence-electron chi connectivity index (χ2n) is 4.95. The van der Waals surface area contributed by atoms with Crippen LogP contribution in [0.4, 0.5) is 4.39 Å². The Hall–Kier alpha value is -3.00. The molecule has 1 aromatic carbocycles. The molecular formula is C16H13FN4O2S. The lowest BCUT2D eigenvalue weighted by atomic mass is 10.3. The average molecular weight is 344 g/mol. The maximum Gasteiger partial charge on any atom is 0.261 e. The van der Waals surface area contributed by atoms with Crippen LogP contribution < -0.4 is 11.1 Å². The van der Waals surface area contributed by atoms with E-state index in [0.717, 1.165) is 11.3 Å². The molecule has 6 nitrogen and oxygen atoms in total. The predicted molar refractivity (Wildman–Crippen MR) is 87.5 cm³/mol. The number of nitrogens with one attached hydrogen (secondary N) is 1. The van der Waals surface area contributed by atoms with Gasteiger partial charge in [-0.1, -0.05) is 12.1 Å². The summed E-state index contributed by atoms with van der Waals surface area (Å²) in [6, 6.07) is 9.42. The number of nitrogens with zero attached hydrogens (tertiary/aromatic N) is 2. The second kappa shape index (κ2) is 6.63. The number of carbonyl (C=O) groups is 2. The Morgan fingerprint density at radius 2 is 2.08 bits per heavy atom. The van der Waals surface area contributed by atoms with Gasteiger partial charge in [-0.25, -0.2) is 9.07 Å². The molecule has 2 heterocycles. The summed E-state index contributed by atoms with van der Waals surface area (Å²) in [5.41, 5.74) is 6.37. The first kappa shape index (κ1) is 15.9. The Kier molecular flexibility index (Phi) is 4.39. The van der Waals surface area contributed by atoms with E-state index in [9.17, 15) is 14.0 Å². The fourth-order valence-corrected chi connectivity index (χ4v) is 2.88. The van der Waals surface area contributed by atoms with Crippen molar-refractivity contribution in [3.05, 3.63) is 69.9 Å². The van der Waals surface area contributed by atoms with Gasteiger partial charge in [-0.2, -0.15) is 5.10 Å². The van der Waals surface area contributed by atoms with Gasteiger partial charge in [-0.05, 0) is 24.3 Å². The number of halogens is 1. The average Bonchev–Trinajstić information content (AvgIpc) is 3.22. The summed E-state index contributed by atoms with van der Waals surface area (Å²) in [6.07, 6.45) is 1.62. The van der Waals surface area contributed by atoms with Crippen LogP contribution in [0.3, 0.4) is 0 Å². The minimum Gasteiger partial charge on any atom is -0.366 e. The molecule has 3 rings (SSSR count). The Bertz CT molecular complexity index is 903. The van der Waals surface area contributed by atoms with Crippen LogP contribution in [-0.2, 0) is 6.54 Å². The maximum absolute atomic E-state index is 13.7. The molecule has 0 unspecified atom stereocenters. The lowest BCUT2D eigenvalue weighted by molar-refractivity contribution is 0.0954. The topological polar surface area (TPSA) is 90.0 Å². The maximum atomic E-state index is 13.7. The number of thiophene rings is 1. The molecule has 0 bridgehead atoms. The van der Waals surface area contributed by atoms with Crippen LogP contribution in [0, 0.1) is 5.82 Å². The van der Waals surface area contributed by atoms with E-state index >= 15 is 0 Å². The quantitative estimate of drug-likeness (QED) is 0.743. The van der Waals surface area contributed by atoms with E-state index in [-0.39, 0.29) is 18.3 Å². The highest BCUT2D eigenvalue weighted by Crippen LogP contribution is 2.15. The van der Waals surface area contributed by atoms with E-state index < -0.39 is 5.91 Å². The largest absolute Gasteiger partial charge is 0.366 e. The van der Waals surface area contributed by atoms with E-state index in [1.807, 2.05) is 0 Å². The SMILES string of the molecule is NC(=O)c1csc(C(=O)NCc2ccn(-c3ccccc3F)n2)c1. The third-order valence-electron chi connectivity index (χ3n) is 3.28. The first-order chi connectivity index (χ1) is 11.5. The summed E-state index contributed by atoms with van der Waals surface area (Å²) in [5, 5.41) is 8.46. The number of hydrogen-bond acceptors (Lipinski definition) is 4. The molecule has 122 valence electrons. The van der Waals surface area contributed by atoms with Crippen molar-refractivity contribution in [1.82, 2.24) is 15.1 Å². The fourth-order valence-electron chi connectivity index (χ4n) is 2.07. The van der Waals surface area contributed by atoms with Gasteiger partial charge in [0.05, 0.1) is 22.7 Å². The van der Waals surface area contributed by atoms with Crippen molar-refractivity contribution in [2.75, 3.05) is 0 Å². The molecule has 0 aliphatic carbocycles. The molecule has 0 spiro atoms. The second-order valence-corrected chi connectivity index (χ2v) is 5.86. The number of hydrogen-bond donors (Lipinski definition) is 2. The van der Waals surface area contributed by atoms with E-state index in [0.29, 0.717) is 21.8 Å². The lowest BCUT2D eigenvalue weighted by Gasteiger charge is -2.03. The summed E-state index contributed by atoms with van der Waals surface area (Å²) >= 11 is 1.14. The first-order valence-corrected chi connectivity index (χ1v) is 7.88. The van der Waals surface area contributed by atoms with Crippen LogP contribution in [0.25, 0.3) is 5.69 Å². The highest BCUT2D eigenvalue weighted by molar-refractivity contribution is 7.12. The minimum absolute atomic E-state index is 0.185. The molecule has 0 fully saturated rings. The molecule has 24 heavy (non-hydrogen) atoms. The number of rotatable bonds is 5. The molecule has 0 saturated heterocycles. The van der Waals surface area contributed by atoms with Crippen molar-refractivity contribution in [1.29, 1.82) is 0 Å². The van der Waals surface area contributed by atoms with E-state index in [1.54, 1.807) is 30.5 Å². The van der Waals surface area contributed by atoms with Crippen molar-refractivity contribution in [3.63, 3.8) is 0 Å². The van der Waals surface area contributed by atoms with E-state index in [1.165, 1.54) is 22.2 Å². The van der Waals surface area contributed by atoms with E-state index in [4.69, 9.17) is 5.73 Å². The molecule has 0 saturated carbocycles. The fraction of sp³-hybridized carbons (Fsp3) is 0.0625. The number of carbonyl (C=O) groups excluding carboxylic acids is 2. The standard InChI is InChI=1S/C16H13FN4O2S/c17-12-3-1-2-4-13(12)21-6-5-11(20-21)8-19-16(23)14-7-10(9-24-14)15(18)22/h1-7,9H,8H2,(H2,18,22)(H,19,23). The number of aromatic nitrogens is 2. The normalized spacial score (nSPS) is 10.5. The van der Waals surface area contributed by atoms with Gasteiger partial charge in [0.1, 0.15) is 11.5 Å². The number of primary amides is 1. The number of amides is 2. The molecule has 0 radical (unpaired) electrons. The first-order valence-electron chi connectivity index (χ1n) is 7.00. The van der Waals surface area contributed by atoms with Gasteiger partial charge < -0.3 is 11.1 Å². The Morgan fingerprint density at radius 1 is 1.29 bits per heavy atom. The van der Waals surface area contributed by atoms with Crippen molar-refractivity contribution in [2.24, 2.45) is 5.73 Å². The molecular weight excluding hydrogens is 331 g/mol. The number of benzene rings is 1. The highest BCUT2D eigenvalue weighted by Gasteiger charge is 2.12. The van der Waals surface area contributed by atoms with Gasteiger partial charge in [-0.3, -0.25) is 9.59 Å².